The predicted octanol–water partition coefficient (Wildman–Crippen LogP) is 3.27. The largest absolute Gasteiger partial charge is 0.481 e. The minimum Gasteiger partial charge on any atom is -0.481 e. The van der Waals surface area contributed by atoms with Crippen LogP contribution in [0.1, 0.15) is 5.69 Å². The van der Waals surface area contributed by atoms with E-state index in [1.807, 2.05) is 19.1 Å². The number of hydrogen-bond donors (Lipinski definition) is 0. The Morgan fingerprint density at radius 2 is 2.00 bits per heavy atom. The van der Waals surface area contributed by atoms with E-state index < -0.39 is 0 Å². The Morgan fingerprint density at radius 3 is 2.65 bits per heavy atom. The van der Waals surface area contributed by atoms with Gasteiger partial charge in [-0.2, -0.15) is 0 Å². The normalized spacial score (nSPS) is 10.4. The van der Waals surface area contributed by atoms with Crippen LogP contribution >= 0.6 is 27.5 Å². The average molecular weight is 315 g/mol. The molecule has 0 radical (unpaired) electrons. The quantitative estimate of drug-likeness (QED) is 0.798. The van der Waals surface area contributed by atoms with Gasteiger partial charge in [-0.15, -0.1) is 0 Å². The molecule has 0 bridgehead atoms. The fourth-order valence-electron chi connectivity index (χ4n) is 1.29. The van der Waals surface area contributed by atoms with E-state index >= 15 is 0 Å². The monoisotopic (exact) mass is 313 g/mol. The van der Waals surface area contributed by atoms with Gasteiger partial charge in [0.15, 0.2) is 5.82 Å². The van der Waals surface area contributed by atoms with Crippen molar-refractivity contribution in [3.63, 3.8) is 0 Å². The van der Waals surface area contributed by atoms with E-state index in [1.165, 1.54) is 0 Å². The van der Waals surface area contributed by atoms with Gasteiger partial charge in [-0.05, 0) is 28.9 Å². The lowest BCUT2D eigenvalue weighted by Crippen LogP contribution is -1.97. The van der Waals surface area contributed by atoms with E-state index in [4.69, 9.17) is 16.3 Å². The summed E-state index contributed by atoms with van der Waals surface area (Å²) >= 11 is 9.30. The van der Waals surface area contributed by atoms with Crippen LogP contribution in [0.25, 0.3) is 11.5 Å². The summed E-state index contributed by atoms with van der Waals surface area (Å²) in [5.74, 6) is 0.998. The number of aryl methyl sites for hydroxylation is 1. The molecular formula is C11H9BrClN3O. The zero-order valence-electron chi connectivity index (χ0n) is 9.24. The van der Waals surface area contributed by atoms with Crippen molar-refractivity contribution in [1.29, 1.82) is 0 Å². The minimum atomic E-state index is 0.372. The smallest absolute Gasteiger partial charge is 0.213 e. The van der Waals surface area contributed by atoms with Crippen LogP contribution in [0.5, 0.6) is 5.88 Å². The van der Waals surface area contributed by atoms with Gasteiger partial charge in [0.2, 0.25) is 5.88 Å². The van der Waals surface area contributed by atoms with Gasteiger partial charge in [0.1, 0.15) is 10.8 Å². The topological polar surface area (TPSA) is 47.9 Å². The lowest BCUT2D eigenvalue weighted by molar-refractivity contribution is 0.398. The van der Waals surface area contributed by atoms with Crippen LogP contribution in [-0.4, -0.2) is 22.1 Å². The molecule has 0 saturated heterocycles. The first-order chi connectivity index (χ1) is 8.11. The predicted molar refractivity (Wildman–Crippen MR) is 69.3 cm³/mol. The van der Waals surface area contributed by atoms with Gasteiger partial charge in [-0.3, -0.25) is 0 Å². The Morgan fingerprint density at radius 1 is 1.24 bits per heavy atom. The van der Waals surface area contributed by atoms with Crippen LogP contribution in [0.15, 0.2) is 22.7 Å². The third-order valence-electron chi connectivity index (χ3n) is 2.14. The number of ether oxygens (including phenoxy) is 1. The Hall–Kier alpha value is -1.20. The molecule has 0 amide bonds. The fourth-order valence-corrected chi connectivity index (χ4v) is 1.69. The summed E-state index contributed by atoms with van der Waals surface area (Å²) in [6, 6.07) is 5.40. The Kier molecular flexibility index (Phi) is 3.59. The summed E-state index contributed by atoms with van der Waals surface area (Å²) in [6.45, 7) is 1.85. The van der Waals surface area contributed by atoms with Crippen LogP contribution in [-0.2, 0) is 0 Å². The van der Waals surface area contributed by atoms with Crippen LogP contribution in [0.2, 0.25) is 5.15 Å². The molecule has 2 heterocycles. The maximum atomic E-state index is 5.99. The van der Waals surface area contributed by atoms with Crippen molar-refractivity contribution in [2.45, 2.75) is 6.92 Å². The van der Waals surface area contributed by atoms with Crippen LogP contribution in [0.4, 0.5) is 0 Å². The van der Waals surface area contributed by atoms with Gasteiger partial charge in [0, 0.05) is 6.07 Å². The zero-order valence-corrected chi connectivity index (χ0v) is 11.6. The minimum absolute atomic E-state index is 0.372. The molecule has 6 heteroatoms. The van der Waals surface area contributed by atoms with Gasteiger partial charge >= 0.3 is 0 Å². The van der Waals surface area contributed by atoms with Crippen molar-refractivity contribution in [2.24, 2.45) is 0 Å². The highest BCUT2D eigenvalue weighted by Gasteiger charge is 2.10. The lowest BCUT2D eigenvalue weighted by Gasteiger charge is -2.05. The third kappa shape index (κ3) is 2.56. The first-order valence-corrected chi connectivity index (χ1v) is 6.00. The number of hydrogen-bond acceptors (Lipinski definition) is 4. The molecule has 0 unspecified atom stereocenters. The second kappa shape index (κ2) is 4.98. The first kappa shape index (κ1) is 12.3. The van der Waals surface area contributed by atoms with E-state index in [9.17, 15) is 0 Å². The maximum Gasteiger partial charge on any atom is 0.213 e. The highest BCUT2D eigenvalue weighted by Crippen LogP contribution is 2.26. The van der Waals surface area contributed by atoms with Crippen molar-refractivity contribution in [3.8, 4) is 17.4 Å². The fraction of sp³-hybridized carbons (Fsp3) is 0.182. The highest BCUT2D eigenvalue weighted by atomic mass is 79.9. The Labute approximate surface area is 112 Å². The SMILES string of the molecule is COc1cccc(-c2nc(C)c(Br)c(Cl)n2)n1. The average Bonchev–Trinajstić information content (AvgIpc) is 2.35. The van der Waals surface area contributed by atoms with Gasteiger partial charge in [-0.25, -0.2) is 15.0 Å². The highest BCUT2D eigenvalue weighted by molar-refractivity contribution is 9.10. The molecule has 0 aliphatic carbocycles. The van der Waals surface area contributed by atoms with Crippen LogP contribution in [0.3, 0.4) is 0 Å². The molecule has 0 aliphatic heterocycles. The van der Waals surface area contributed by atoms with Crippen molar-refractivity contribution in [3.05, 3.63) is 33.5 Å². The second-order valence-corrected chi connectivity index (χ2v) is 4.45. The molecule has 0 aliphatic rings. The molecular weight excluding hydrogens is 305 g/mol. The zero-order chi connectivity index (χ0) is 12.4. The number of nitrogens with zero attached hydrogens (tertiary/aromatic N) is 3. The van der Waals surface area contributed by atoms with Gasteiger partial charge < -0.3 is 4.74 Å². The van der Waals surface area contributed by atoms with E-state index in [-0.39, 0.29) is 0 Å². The molecule has 0 N–H and O–H groups in total. The molecule has 0 aromatic carbocycles. The number of methoxy groups -OCH3 is 1. The molecule has 4 nitrogen and oxygen atoms in total. The number of aromatic nitrogens is 3. The van der Waals surface area contributed by atoms with Crippen molar-refractivity contribution in [2.75, 3.05) is 7.11 Å². The third-order valence-corrected chi connectivity index (χ3v) is 3.59. The van der Waals surface area contributed by atoms with Crippen molar-refractivity contribution < 1.29 is 4.74 Å². The van der Waals surface area contributed by atoms with E-state index in [0.29, 0.717) is 27.0 Å². The lowest BCUT2D eigenvalue weighted by atomic mass is 10.3. The molecule has 88 valence electrons. The van der Waals surface area contributed by atoms with Crippen LogP contribution < -0.4 is 4.74 Å². The van der Waals surface area contributed by atoms with Gasteiger partial charge in [0.05, 0.1) is 17.3 Å². The molecule has 0 saturated carbocycles. The number of rotatable bonds is 2. The molecule has 2 rings (SSSR count). The summed E-state index contributed by atoms with van der Waals surface area (Å²) in [6.07, 6.45) is 0. The standard InChI is InChI=1S/C11H9BrClN3O/c1-6-9(12)10(13)16-11(14-6)7-4-3-5-8(15-7)17-2/h3-5H,1-2H3. The summed E-state index contributed by atoms with van der Waals surface area (Å²) in [5.41, 5.74) is 1.39. The van der Waals surface area contributed by atoms with E-state index in [2.05, 4.69) is 30.9 Å². The molecule has 0 fully saturated rings. The molecule has 2 aromatic rings. The van der Waals surface area contributed by atoms with Crippen molar-refractivity contribution in [1.82, 2.24) is 15.0 Å². The van der Waals surface area contributed by atoms with Crippen molar-refractivity contribution >= 4 is 27.5 Å². The van der Waals surface area contributed by atoms with Gasteiger partial charge in [0.25, 0.3) is 0 Å². The first-order valence-electron chi connectivity index (χ1n) is 4.83. The maximum absolute atomic E-state index is 5.99. The van der Waals surface area contributed by atoms with Gasteiger partial charge in [-0.1, -0.05) is 17.7 Å². The number of halogens is 2. The summed E-state index contributed by atoms with van der Waals surface area (Å²) in [5, 5.41) is 0.372. The Balaban J connectivity index is 2.52. The number of pyridine rings is 1. The Bertz CT molecular complexity index is 539. The molecule has 2 aromatic heterocycles. The summed E-state index contributed by atoms with van der Waals surface area (Å²) < 4.78 is 5.75. The molecule has 0 spiro atoms. The molecule has 0 atom stereocenters. The summed E-state index contributed by atoms with van der Waals surface area (Å²) in [4.78, 5) is 12.7. The van der Waals surface area contributed by atoms with E-state index in [1.54, 1.807) is 13.2 Å². The van der Waals surface area contributed by atoms with Crippen LogP contribution in [0, 0.1) is 6.92 Å². The summed E-state index contributed by atoms with van der Waals surface area (Å²) in [7, 11) is 1.56. The second-order valence-electron chi connectivity index (χ2n) is 3.30. The molecule has 17 heavy (non-hydrogen) atoms. The van der Waals surface area contributed by atoms with E-state index in [0.717, 1.165) is 5.69 Å².